The number of halogens is 3. The molecule has 2 heterocycles. The monoisotopic (exact) mass is 700 g/mol. The van der Waals surface area contributed by atoms with Crippen LogP contribution in [-0.2, 0) is 9.53 Å². The molecule has 2 bridgehead atoms. The Kier molecular flexibility index (Phi) is 12.9. The molecule has 0 spiro atoms. The SMILES string of the molecule is O=C(/C=C/CBr)Nc1cc2c(Nc3ccc(F)c(Cl)c3)ncnc2cc1OC1CC2CCCCCCCCCCOC(CC2)C1. The van der Waals surface area contributed by atoms with Crippen LogP contribution in [-0.4, -0.2) is 40.0 Å². The van der Waals surface area contributed by atoms with E-state index in [2.05, 4.69) is 36.5 Å². The Bertz CT molecular complexity index is 1440. The molecule has 3 unspecified atom stereocenters. The van der Waals surface area contributed by atoms with Crippen LogP contribution in [0.4, 0.5) is 21.6 Å². The van der Waals surface area contributed by atoms with Crippen molar-refractivity contribution >= 4 is 61.5 Å². The molecule has 0 radical (unpaired) electrons. The minimum absolute atomic E-state index is 0.00721. The Hall–Kier alpha value is -2.75. The highest BCUT2D eigenvalue weighted by Gasteiger charge is 2.28. The van der Waals surface area contributed by atoms with Crippen LogP contribution in [0.25, 0.3) is 10.9 Å². The van der Waals surface area contributed by atoms with E-state index in [0.717, 1.165) is 38.7 Å². The highest BCUT2D eigenvalue weighted by Crippen LogP contribution is 2.38. The first-order chi connectivity index (χ1) is 22.0. The lowest BCUT2D eigenvalue weighted by atomic mass is 9.92. The van der Waals surface area contributed by atoms with Gasteiger partial charge in [-0.2, -0.15) is 0 Å². The average molecular weight is 702 g/mol. The van der Waals surface area contributed by atoms with Gasteiger partial charge in [-0.05, 0) is 55.9 Å². The molecular weight excluding hydrogens is 659 g/mol. The molecule has 1 aliphatic heterocycles. The summed E-state index contributed by atoms with van der Waals surface area (Å²) in [5.74, 6) is 0.875. The van der Waals surface area contributed by atoms with E-state index >= 15 is 0 Å². The Labute approximate surface area is 278 Å². The molecule has 3 atom stereocenters. The third-order valence-electron chi connectivity index (χ3n) is 8.71. The number of ether oxygens (including phenoxy) is 2. The fourth-order valence-corrected chi connectivity index (χ4v) is 6.74. The van der Waals surface area contributed by atoms with Crippen molar-refractivity contribution < 1.29 is 18.7 Å². The van der Waals surface area contributed by atoms with Gasteiger partial charge in [-0.15, -0.1) is 0 Å². The highest BCUT2D eigenvalue weighted by molar-refractivity contribution is 9.09. The molecule has 1 amide bonds. The zero-order valence-corrected chi connectivity index (χ0v) is 28.1. The topological polar surface area (TPSA) is 85.4 Å². The van der Waals surface area contributed by atoms with Gasteiger partial charge in [0.25, 0.3) is 0 Å². The molecule has 1 aliphatic carbocycles. The van der Waals surface area contributed by atoms with E-state index in [0.29, 0.717) is 45.1 Å². The predicted octanol–water partition coefficient (Wildman–Crippen LogP) is 9.90. The molecule has 7 nitrogen and oxygen atoms in total. The summed E-state index contributed by atoms with van der Waals surface area (Å²) in [4.78, 5) is 21.8. The van der Waals surface area contributed by atoms with Crippen LogP contribution < -0.4 is 15.4 Å². The summed E-state index contributed by atoms with van der Waals surface area (Å²) >= 11 is 9.35. The summed E-state index contributed by atoms with van der Waals surface area (Å²) < 4.78 is 27.0. The molecule has 2 N–H and O–H groups in total. The average Bonchev–Trinajstić information content (AvgIpc) is 3.22. The highest BCUT2D eigenvalue weighted by atomic mass is 79.9. The molecule has 242 valence electrons. The Morgan fingerprint density at radius 1 is 1.02 bits per heavy atom. The fraction of sp³-hybridized carbons (Fsp3) is 0.514. The predicted molar refractivity (Wildman–Crippen MR) is 183 cm³/mol. The maximum absolute atomic E-state index is 13.8. The number of nitrogens with zero attached hydrogens (tertiary/aromatic N) is 2. The number of aromatic nitrogens is 2. The number of allylic oxidation sites excluding steroid dienone is 1. The number of fused-ring (bicyclic) bond motifs is 4. The second-order valence-corrected chi connectivity index (χ2v) is 13.2. The first-order valence-electron chi connectivity index (χ1n) is 16.3. The number of carbonyl (C=O) groups is 1. The largest absolute Gasteiger partial charge is 0.488 e. The fourth-order valence-electron chi connectivity index (χ4n) is 6.37. The summed E-state index contributed by atoms with van der Waals surface area (Å²) in [6.45, 7) is 0.797. The number of carbonyl (C=O) groups excluding carboxylic acids is 1. The van der Waals surface area contributed by atoms with Crippen molar-refractivity contribution in [1.29, 1.82) is 0 Å². The molecule has 2 aliphatic rings. The second-order valence-electron chi connectivity index (χ2n) is 12.2. The Balaban J connectivity index is 1.43. The molecule has 3 aromatic rings. The molecule has 1 aromatic heterocycles. The zero-order valence-electron chi connectivity index (χ0n) is 25.7. The number of anilines is 3. The van der Waals surface area contributed by atoms with Gasteiger partial charge in [-0.25, -0.2) is 14.4 Å². The number of hydrogen-bond donors (Lipinski definition) is 2. The molecule has 1 saturated heterocycles. The van der Waals surface area contributed by atoms with E-state index in [9.17, 15) is 9.18 Å². The van der Waals surface area contributed by atoms with Gasteiger partial charge < -0.3 is 20.1 Å². The molecular formula is C35H43BrClFN4O3. The summed E-state index contributed by atoms with van der Waals surface area (Å²) in [5, 5.41) is 7.47. The van der Waals surface area contributed by atoms with E-state index in [1.54, 1.807) is 12.1 Å². The Morgan fingerprint density at radius 2 is 1.82 bits per heavy atom. The van der Waals surface area contributed by atoms with Gasteiger partial charge in [-0.1, -0.05) is 85.0 Å². The van der Waals surface area contributed by atoms with Gasteiger partial charge in [0.15, 0.2) is 0 Å². The minimum atomic E-state index is -0.499. The molecule has 2 aromatic carbocycles. The molecule has 1 saturated carbocycles. The summed E-state index contributed by atoms with van der Waals surface area (Å²) in [6.07, 6.45) is 20.2. The van der Waals surface area contributed by atoms with Crippen LogP contribution >= 0.6 is 27.5 Å². The van der Waals surface area contributed by atoms with E-state index in [1.807, 2.05) is 12.1 Å². The van der Waals surface area contributed by atoms with Gasteiger partial charge in [0.05, 0.1) is 22.3 Å². The molecule has 5 rings (SSSR count). The van der Waals surface area contributed by atoms with Gasteiger partial charge in [0, 0.05) is 41.6 Å². The van der Waals surface area contributed by atoms with Crippen molar-refractivity contribution in [3.63, 3.8) is 0 Å². The standard InChI is InChI=1S/C35H43BrClFN4O3/c36-16-9-11-34(43)42-32-21-28-31(39-23-40-35(28)41-25-13-15-30(38)29(37)19-25)22-33(32)45-27-18-24-10-7-5-3-1-2-4-6-8-17-44-26(20-27)14-12-24/h9,11,13,15,19,21-24,26-27H,1-8,10,12,14,16-18,20H2,(H,42,43)(H,39,40,41)/b11-9+. The van der Waals surface area contributed by atoms with Crippen LogP contribution in [0, 0.1) is 11.7 Å². The third kappa shape index (κ3) is 10.1. The smallest absolute Gasteiger partial charge is 0.248 e. The zero-order chi connectivity index (χ0) is 31.4. The van der Waals surface area contributed by atoms with Crippen molar-refractivity contribution in [3.05, 3.63) is 59.7 Å². The number of hydrogen-bond acceptors (Lipinski definition) is 6. The molecule has 45 heavy (non-hydrogen) atoms. The summed E-state index contributed by atoms with van der Waals surface area (Å²) in [7, 11) is 0. The lowest BCUT2D eigenvalue weighted by molar-refractivity contribution is -0.111. The van der Waals surface area contributed by atoms with E-state index in [4.69, 9.17) is 21.1 Å². The first kappa shape index (κ1) is 33.6. The quantitative estimate of drug-likeness (QED) is 0.188. The molecule has 2 fully saturated rings. The Morgan fingerprint density at radius 3 is 2.62 bits per heavy atom. The van der Waals surface area contributed by atoms with Crippen molar-refractivity contribution in [2.24, 2.45) is 5.92 Å². The van der Waals surface area contributed by atoms with E-state index < -0.39 is 5.82 Å². The van der Waals surface area contributed by atoms with Crippen LogP contribution in [0.15, 0.2) is 48.8 Å². The maximum Gasteiger partial charge on any atom is 0.248 e. The van der Waals surface area contributed by atoms with Crippen molar-refractivity contribution in [2.45, 2.75) is 95.7 Å². The van der Waals surface area contributed by atoms with Gasteiger partial charge in [0.1, 0.15) is 29.8 Å². The summed E-state index contributed by atoms with van der Waals surface area (Å²) in [5.41, 5.74) is 1.76. The number of amides is 1. The lowest BCUT2D eigenvalue weighted by Gasteiger charge is -2.25. The van der Waals surface area contributed by atoms with Crippen molar-refractivity contribution in [3.8, 4) is 5.75 Å². The minimum Gasteiger partial charge on any atom is -0.488 e. The van der Waals surface area contributed by atoms with Crippen LogP contribution in [0.2, 0.25) is 5.02 Å². The number of nitrogens with one attached hydrogen (secondary N) is 2. The van der Waals surface area contributed by atoms with Crippen LogP contribution in [0.3, 0.4) is 0 Å². The maximum atomic E-state index is 13.8. The van der Waals surface area contributed by atoms with Crippen LogP contribution in [0.5, 0.6) is 5.75 Å². The van der Waals surface area contributed by atoms with Crippen molar-refractivity contribution in [1.82, 2.24) is 9.97 Å². The third-order valence-corrected chi connectivity index (χ3v) is 9.37. The van der Waals surface area contributed by atoms with Gasteiger partial charge in [0.2, 0.25) is 5.91 Å². The number of rotatable bonds is 7. The second kappa shape index (κ2) is 17.2. The van der Waals surface area contributed by atoms with Gasteiger partial charge >= 0.3 is 0 Å². The van der Waals surface area contributed by atoms with Gasteiger partial charge in [-0.3, -0.25) is 4.79 Å². The van der Waals surface area contributed by atoms with Crippen molar-refractivity contribution in [2.75, 3.05) is 22.6 Å². The van der Waals surface area contributed by atoms with E-state index in [-0.39, 0.29) is 23.1 Å². The first-order valence-corrected chi connectivity index (χ1v) is 17.8. The normalized spacial score (nSPS) is 22.0. The summed E-state index contributed by atoms with van der Waals surface area (Å²) in [6, 6.07) is 8.09. The molecule has 10 heteroatoms. The number of benzene rings is 2. The lowest BCUT2D eigenvalue weighted by Crippen LogP contribution is -2.25. The number of alkyl halides is 1. The van der Waals surface area contributed by atoms with Crippen LogP contribution in [0.1, 0.15) is 83.5 Å². The van der Waals surface area contributed by atoms with E-state index in [1.165, 1.54) is 75.9 Å².